The van der Waals surface area contributed by atoms with Crippen LogP contribution >= 0.6 is 12.2 Å². The summed E-state index contributed by atoms with van der Waals surface area (Å²) in [6, 6.07) is 5.76. The standard InChI is InChI=1S/C10H9FN2OS/c1-10(8(14)12-9(15)13-10)6-2-4-7(11)5-3-6/h2-5H,1H3,(H2,12,13,14,15). The number of hydrogen-bond acceptors (Lipinski definition) is 2. The molecule has 1 aliphatic rings. The first-order chi connectivity index (χ1) is 7.02. The number of nitrogens with one attached hydrogen (secondary N) is 2. The summed E-state index contributed by atoms with van der Waals surface area (Å²) in [7, 11) is 0. The Morgan fingerprint density at radius 3 is 2.40 bits per heavy atom. The van der Waals surface area contributed by atoms with Gasteiger partial charge in [0.1, 0.15) is 11.4 Å². The fourth-order valence-corrected chi connectivity index (χ4v) is 1.83. The van der Waals surface area contributed by atoms with Crippen LogP contribution in [0.25, 0.3) is 0 Å². The minimum Gasteiger partial charge on any atom is -0.345 e. The van der Waals surface area contributed by atoms with Gasteiger partial charge in [-0.25, -0.2) is 4.39 Å². The van der Waals surface area contributed by atoms with Crippen LogP contribution in [0.2, 0.25) is 0 Å². The molecule has 0 radical (unpaired) electrons. The van der Waals surface area contributed by atoms with Gasteiger partial charge in [0.05, 0.1) is 0 Å². The van der Waals surface area contributed by atoms with Gasteiger partial charge in [-0.15, -0.1) is 0 Å². The van der Waals surface area contributed by atoms with Crippen LogP contribution in [0.15, 0.2) is 24.3 Å². The van der Waals surface area contributed by atoms with E-state index in [0.29, 0.717) is 10.7 Å². The van der Waals surface area contributed by atoms with Crippen LogP contribution in [0.5, 0.6) is 0 Å². The van der Waals surface area contributed by atoms with Gasteiger partial charge in [-0.2, -0.15) is 0 Å². The molecule has 1 fully saturated rings. The summed E-state index contributed by atoms with van der Waals surface area (Å²) in [5, 5.41) is 5.67. The summed E-state index contributed by atoms with van der Waals surface area (Å²) < 4.78 is 12.7. The van der Waals surface area contributed by atoms with Crippen molar-refractivity contribution in [1.29, 1.82) is 0 Å². The Balaban J connectivity index is 2.41. The van der Waals surface area contributed by atoms with Crippen LogP contribution in [0.4, 0.5) is 4.39 Å². The molecule has 5 heteroatoms. The molecule has 2 N–H and O–H groups in total. The number of hydrogen-bond donors (Lipinski definition) is 2. The zero-order chi connectivity index (χ0) is 11.1. The number of carbonyl (C=O) groups excluding carboxylic acids is 1. The zero-order valence-electron chi connectivity index (χ0n) is 8.00. The number of amides is 1. The second kappa shape index (κ2) is 3.27. The Bertz CT molecular complexity index is 432. The van der Waals surface area contributed by atoms with Gasteiger partial charge >= 0.3 is 0 Å². The van der Waals surface area contributed by atoms with Gasteiger partial charge in [0, 0.05) is 0 Å². The Morgan fingerprint density at radius 2 is 1.93 bits per heavy atom. The van der Waals surface area contributed by atoms with Crippen molar-refractivity contribution in [3.8, 4) is 0 Å². The minimum absolute atomic E-state index is 0.223. The molecule has 0 saturated carbocycles. The van der Waals surface area contributed by atoms with Crippen LogP contribution in [-0.2, 0) is 10.3 Å². The van der Waals surface area contributed by atoms with E-state index in [1.807, 2.05) is 0 Å². The van der Waals surface area contributed by atoms with Gasteiger partial charge in [-0.05, 0) is 36.8 Å². The van der Waals surface area contributed by atoms with E-state index in [0.717, 1.165) is 0 Å². The average molecular weight is 224 g/mol. The van der Waals surface area contributed by atoms with Crippen molar-refractivity contribution in [2.45, 2.75) is 12.5 Å². The van der Waals surface area contributed by atoms with Crippen LogP contribution in [0.1, 0.15) is 12.5 Å². The predicted octanol–water partition coefficient (Wildman–Crippen LogP) is 1.05. The summed E-state index contributed by atoms with van der Waals surface area (Å²) in [6.07, 6.45) is 0. The monoisotopic (exact) mass is 224 g/mol. The lowest BCUT2D eigenvalue weighted by Gasteiger charge is -2.21. The Kier molecular flexibility index (Phi) is 2.19. The Hall–Kier alpha value is -1.49. The lowest BCUT2D eigenvalue weighted by Crippen LogP contribution is -2.40. The quantitative estimate of drug-likeness (QED) is 0.700. The molecule has 15 heavy (non-hydrogen) atoms. The molecule has 0 spiro atoms. The Morgan fingerprint density at radius 1 is 1.33 bits per heavy atom. The fourth-order valence-electron chi connectivity index (χ4n) is 1.53. The van der Waals surface area contributed by atoms with Gasteiger partial charge in [-0.3, -0.25) is 4.79 Å². The van der Waals surface area contributed by atoms with Crippen molar-refractivity contribution < 1.29 is 9.18 Å². The molecule has 3 nitrogen and oxygen atoms in total. The molecular weight excluding hydrogens is 215 g/mol. The molecule has 1 aromatic rings. The lowest BCUT2D eigenvalue weighted by atomic mass is 9.92. The van der Waals surface area contributed by atoms with Gasteiger partial charge in [-0.1, -0.05) is 12.1 Å². The van der Waals surface area contributed by atoms with Crippen molar-refractivity contribution in [3.05, 3.63) is 35.6 Å². The number of carbonyl (C=O) groups is 1. The first-order valence-corrected chi connectivity index (χ1v) is 4.83. The molecule has 1 aromatic carbocycles. The van der Waals surface area contributed by atoms with E-state index in [1.165, 1.54) is 12.1 Å². The second-order valence-electron chi connectivity index (χ2n) is 3.54. The fraction of sp³-hybridized carbons (Fsp3) is 0.200. The number of benzene rings is 1. The van der Waals surface area contributed by atoms with E-state index >= 15 is 0 Å². The van der Waals surface area contributed by atoms with Crippen molar-refractivity contribution in [2.75, 3.05) is 0 Å². The van der Waals surface area contributed by atoms with Crippen LogP contribution < -0.4 is 10.6 Å². The highest BCUT2D eigenvalue weighted by Crippen LogP contribution is 2.24. The SMILES string of the molecule is CC1(c2ccc(F)cc2)NC(=S)NC1=O. The second-order valence-corrected chi connectivity index (χ2v) is 3.95. The molecule has 1 atom stereocenters. The minimum atomic E-state index is -0.898. The van der Waals surface area contributed by atoms with Gasteiger partial charge in [0.25, 0.3) is 5.91 Å². The molecule has 0 aromatic heterocycles. The van der Waals surface area contributed by atoms with E-state index in [4.69, 9.17) is 12.2 Å². The Labute approximate surface area is 91.7 Å². The largest absolute Gasteiger partial charge is 0.345 e. The molecule has 1 amide bonds. The number of rotatable bonds is 1. The highest BCUT2D eigenvalue weighted by Gasteiger charge is 2.41. The van der Waals surface area contributed by atoms with Gasteiger partial charge in [0.15, 0.2) is 5.11 Å². The van der Waals surface area contributed by atoms with Crippen LogP contribution in [0.3, 0.4) is 0 Å². The first kappa shape index (κ1) is 10.0. The smallest absolute Gasteiger partial charge is 0.256 e. The summed E-state index contributed by atoms with van der Waals surface area (Å²) in [4.78, 5) is 11.6. The normalized spacial score (nSPS) is 24.9. The summed E-state index contributed by atoms with van der Waals surface area (Å²) in [5.74, 6) is -0.553. The topological polar surface area (TPSA) is 41.1 Å². The molecule has 1 saturated heterocycles. The molecule has 1 heterocycles. The van der Waals surface area contributed by atoms with E-state index in [-0.39, 0.29) is 11.7 Å². The summed E-state index contributed by atoms with van der Waals surface area (Å²) in [5.41, 5.74) is -0.216. The van der Waals surface area contributed by atoms with Crippen molar-refractivity contribution in [2.24, 2.45) is 0 Å². The molecule has 1 unspecified atom stereocenters. The van der Waals surface area contributed by atoms with Crippen LogP contribution in [-0.4, -0.2) is 11.0 Å². The third kappa shape index (κ3) is 1.59. The number of halogens is 1. The average Bonchev–Trinajstić information content (AvgIpc) is 2.42. The highest BCUT2D eigenvalue weighted by atomic mass is 32.1. The molecule has 0 bridgehead atoms. The predicted molar refractivity (Wildman–Crippen MR) is 57.6 cm³/mol. The van der Waals surface area contributed by atoms with E-state index < -0.39 is 5.54 Å². The van der Waals surface area contributed by atoms with Gasteiger partial charge in [0.2, 0.25) is 0 Å². The van der Waals surface area contributed by atoms with Crippen molar-refractivity contribution >= 4 is 23.2 Å². The third-order valence-corrected chi connectivity index (χ3v) is 2.67. The summed E-state index contributed by atoms with van der Waals surface area (Å²) >= 11 is 4.85. The molecule has 1 aliphatic heterocycles. The molecular formula is C10H9FN2OS. The number of thiocarbonyl (C=S) groups is 1. The maximum Gasteiger partial charge on any atom is 0.256 e. The van der Waals surface area contributed by atoms with E-state index in [9.17, 15) is 9.18 Å². The molecule has 0 aliphatic carbocycles. The van der Waals surface area contributed by atoms with Crippen LogP contribution in [0, 0.1) is 5.82 Å². The molecule has 2 rings (SSSR count). The maximum atomic E-state index is 12.7. The van der Waals surface area contributed by atoms with E-state index in [1.54, 1.807) is 19.1 Å². The van der Waals surface area contributed by atoms with Gasteiger partial charge < -0.3 is 10.6 Å². The van der Waals surface area contributed by atoms with E-state index in [2.05, 4.69) is 10.6 Å². The lowest BCUT2D eigenvalue weighted by molar-refractivity contribution is -0.123. The first-order valence-electron chi connectivity index (χ1n) is 4.42. The van der Waals surface area contributed by atoms with Crippen molar-refractivity contribution in [3.63, 3.8) is 0 Å². The zero-order valence-corrected chi connectivity index (χ0v) is 8.82. The summed E-state index contributed by atoms with van der Waals surface area (Å²) in [6.45, 7) is 1.70. The maximum absolute atomic E-state index is 12.7. The molecule has 78 valence electrons. The van der Waals surface area contributed by atoms with Crippen molar-refractivity contribution in [1.82, 2.24) is 10.6 Å². The highest BCUT2D eigenvalue weighted by molar-refractivity contribution is 7.80. The third-order valence-electron chi connectivity index (χ3n) is 2.47.